The van der Waals surface area contributed by atoms with Gasteiger partial charge in [-0.3, -0.25) is 4.99 Å². The van der Waals surface area contributed by atoms with Crippen LogP contribution in [0.5, 0.6) is 5.75 Å². The molecule has 0 saturated heterocycles. The number of hydrogen-bond donors (Lipinski definition) is 1. The summed E-state index contributed by atoms with van der Waals surface area (Å²) in [5, 5.41) is 10.4. The summed E-state index contributed by atoms with van der Waals surface area (Å²) >= 11 is -0.556. The van der Waals surface area contributed by atoms with Gasteiger partial charge in [-0.05, 0) is 47.7 Å². The van der Waals surface area contributed by atoms with Crippen LogP contribution in [0, 0.1) is 6.92 Å². The van der Waals surface area contributed by atoms with Crippen LogP contribution < -0.4 is 0 Å². The van der Waals surface area contributed by atoms with Gasteiger partial charge >= 0.3 is 41.8 Å². The fourth-order valence-corrected chi connectivity index (χ4v) is 2.42. The van der Waals surface area contributed by atoms with E-state index in [-0.39, 0.29) is 16.9 Å². The van der Waals surface area contributed by atoms with Crippen molar-refractivity contribution >= 4 is 30.5 Å². The molecule has 0 unspecified atom stereocenters. The summed E-state index contributed by atoms with van der Waals surface area (Å²) in [4.78, 5) is 4.11. The first-order chi connectivity index (χ1) is 12.4. The van der Waals surface area contributed by atoms with Crippen molar-refractivity contribution in [3.8, 4) is 5.75 Å². The van der Waals surface area contributed by atoms with Gasteiger partial charge < -0.3 is 5.11 Å². The minimum absolute atomic E-state index is 0.0949. The Labute approximate surface area is 174 Å². The molecule has 0 amide bonds. The first-order valence-electron chi connectivity index (χ1n) is 7.92. The monoisotopic (exact) mass is 453 g/mol. The molecule has 0 fully saturated rings. The van der Waals surface area contributed by atoms with Crippen LogP contribution in [0.15, 0.2) is 41.4 Å². The first-order valence-corrected chi connectivity index (χ1v) is 12.2. The number of phenolic OH excluding ortho intramolecular Hbond substituents is 1. The predicted octanol–water partition coefficient (Wildman–Crippen LogP) is 7.14. The Morgan fingerprint density at radius 2 is 1.67 bits per heavy atom. The molecule has 2 nitrogen and oxygen atoms in total. The van der Waals surface area contributed by atoms with Crippen LogP contribution in [-0.4, -0.2) is 11.3 Å². The number of benzene rings is 2. The standard InChI is InChI=1S/C19H20F3NO.2ClH.Ti/c1-12-8-14(19(20,21)22)10-15(9-12)23-11-13-6-5-7-16(17(13)24)18(2,3)4;;;/h5-11,24H,1-4H3;2*1H;/q;;;+2/p-2. The van der Waals surface area contributed by atoms with Crippen LogP contribution >= 0.6 is 18.6 Å². The summed E-state index contributed by atoms with van der Waals surface area (Å²) in [5.74, 6) is 0.0949. The number of para-hydroxylation sites is 1. The number of rotatable bonds is 2. The van der Waals surface area contributed by atoms with Crippen LogP contribution in [0.1, 0.15) is 43.0 Å². The van der Waals surface area contributed by atoms with Gasteiger partial charge in [0.1, 0.15) is 5.75 Å². The van der Waals surface area contributed by atoms with Crippen molar-refractivity contribution < 1.29 is 35.3 Å². The van der Waals surface area contributed by atoms with Crippen LogP contribution in [0.25, 0.3) is 0 Å². The van der Waals surface area contributed by atoms with Gasteiger partial charge in [-0.2, -0.15) is 13.2 Å². The van der Waals surface area contributed by atoms with E-state index >= 15 is 0 Å². The van der Waals surface area contributed by atoms with Crippen molar-refractivity contribution in [2.75, 3.05) is 0 Å². The van der Waals surface area contributed by atoms with E-state index in [1.807, 2.05) is 26.8 Å². The number of aryl methyl sites for hydroxylation is 1. The van der Waals surface area contributed by atoms with E-state index in [1.165, 1.54) is 6.21 Å². The first kappa shape index (κ1) is 24.0. The summed E-state index contributed by atoms with van der Waals surface area (Å²) in [7, 11) is 9.78. The molecule has 0 saturated carbocycles. The Morgan fingerprint density at radius 1 is 1.07 bits per heavy atom. The maximum atomic E-state index is 12.9. The van der Waals surface area contributed by atoms with Crippen LogP contribution in [-0.2, 0) is 28.6 Å². The van der Waals surface area contributed by atoms with Gasteiger partial charge in [-0.15, -0.1) is 0 Å². The maximum absolute atomic E-state index is 12.9. The van der Waals surface area contributed by atoms with Crippen molar-refractivity contribution in [2.24, 2.45) is 4.99 Å². The van der Waals surface area contributed by atoms with Crippen molar-refractivity contribution in [1.82, 2.24) is 0 Å². The predicted molar refractivity (Wildman–Crippen MR) is 102 cm³/mol. The molecule has 0 aliphatic carbocycles. The third-order valence-corrected chi connectivity index (χ3v) is 3.62. The Kier molecular flexibility index (Phi) is 8.87. The number of phenols is 1. The molecule has 2 aromatic carbocycles. The van der Waals surface area contributed by atoms with Crippen LogP contribution in [0.2, 0.25) is 0 Å². The fraction of sp³-hybridized carbons (Fsp3) is 0.316. The number of aliphatic imine (C=N–C) groups is 1. The molecule has 0 atom stereocenters. The van der Waals surface area contributed by atoms with Crippen molar-refractivity contribution in [3.63, 3.8) is 0 Å². The Balaban J connectivity index is 0.00000114. The third kappa shape index (κ3) is 7.49. The van der Waals surface area contributed by atoms with Crippen molar-refractivity contribution in [2.45, 2.75) is 39.3 Å². The molecule has 0 aliphatic rings. The number of halogens is 5. The molecule has 0 spiro atoms. The Hall–Kier alpha value is -1.01. The molecular formula is C19H20Cl2F3NOTi. The molecule has 8 heteroatoms. The van der Waals surface area contributed by atoms with E-state index in [0.717, 1.165) is 17.7 Å². The summed E-state index contributed by atoms with van der Waals surface area (Å²) in [6, 6.07) is 8.93. The molecule has 0 aromatic heterocycles. The van der Waals surface area contributed by atoms with Gasteiger partial charge in [-0.1, -0.05) is 32.9 Å². The summed E-state index contributed by atoms with van der Waals surface area (Å²) < 4.78 is 38.6. The topological polar surface area (TPSA) is 32.6 Å². The second-order valence-electron chi connectivity index (χ2n) is 6.88. The van der Waals surface area contributed by atoms with E-state index in [2.05, 4.69) is 4.99 Å². The third-order valence-electron chi connectivity index (χ3n) is 3.62. The van der Waals surface area contributed by atoms with Crippen LogP contribution in [0.4, 0.5) is 18.9 Å². The molecule has 0 bridgehead atoms. The zero-order valence-electron chi connectivity index (χ0n) is 15.3. The average molecular weight is 454 g/mol. The van der Waals surface area contributed by atoms with E-state index < -0.39 is 28.8 Å². The fourth-order valence-electron chi connectivity index (χ4n) is 2.42. The van der Waals surface area contributed by atoms with Gasteiger partial charge in [0.2, 0.25) is 0 Å². The average Bonchev–Trinajstić information content (AvgIpc) is 2.52. The van der Waals surface area contributed by atoms with Gasteiger partial charge in [0.25, 0.3) is 0 Å². The second kappa shape index (κ2) is 9.97. The van der Waals surface area contributed by atoms with E-state index in [9.17, 15) is 18.3 Å². The SMILES string of the molecule is Cc1cc(N=Cc2cccc(C(C)(C)C)c2O)cc(C(F)(F)F)c1.[Cl][Ti][Cl]. The van der Waals surface area contributed by atoms with Gasteiger partial charge in [-0.25, -0.2) is 0 Å². The molecular weight excluding hydrogens is 434 g/mol. The summed E-state index contributed by atoms with van der Waals surface area (Å²) in [6.45, 7) is 7.50. The quantitative estimate of drug-likeness (QED) is 0.380. The second-order valence-corrected chi connectivity index (χ2v) is 9.46. The minimum atomic E-state index is -4.41. The Morgan fingerprint density at radius 3 is 2.19 bits per heavy atom. The zero-order valence-corrected chi connectivity index (χ0v) is 18.4. The number of hydrogen-bond acceptors (Lipinski definition) is 2. The molecule has 1 N–H and O–H groups in total. The molecule has 146 valence electrons. The molecule has 2 aromatic rings. The van der Waals surface area contributed by atoms with Gasteiger partial charge in [0.15, 0.2) is 0 Å². The van der Waals surface area contributed by atoms with Crippen molar-refractivity contribution in [3.05, 3.63) is 58.7 Å². The Bertz CT molecular complexity index is 803. The number of nitrogens with zero attached hydrogens (tertiary/aromatic N) is 1. The molecule has 0 heterocycles. The summed E-state index contributed by atoms with van der Waals surface area (Å²) in [6.07, 6.45) is -3.02. The number of alkyl halides is 3. The van der Waals surface area contributed by atoms with Crippen molar-refractivity contribution in [1.29, 1.82) is 0 Å². The molecule has 0 aliphatic heterocycles. The van der Waals surface area contributed by atoms with E-state index in [0.29, 0.717) is 11.1 Å². The van der Waals surface area contributed by atoms with E-state index in [1.54, 1.807) is 25.1 Å². The number of aromatic hydroxyl groups is 1. The zero-order chi connectivity index (χ0) is 20.8. The normalized spacial score (nSPS) is 11.9. The van der Waals surface area contributed by atoms with Gasteiger partial charge in [0, 0.05) is 11.8 Å². The molecule has 0 radical (unpaired) electrons. The van der Waals surface area contributed by atoms with E-state index in [4.69, 9.17) is 18.6 Å². The summed E-state index contributed by atoms with van der Waals surface area (Å²) in [5.41, 5.74) is 0.916. The molecule has 27 heavy (non-hydrogen) atoms. The van der Waals surface area contributed by atoms with Gasteiger partial charge in [0.05, 0.1) is 11.3 Å². The van der Waals surface area contributed by atoms with Crippen LogP contribution in [0.3, 0.4) is 0 Å². The molecule has 2 rings (SSSR count).